The first-order valence-electron chi connectivity index (χ1n) is 9.51. The number of thioether (sulfide) groups is 1. The van der Waals surface area contributed by atoms with E-state index in [1.165, 1.54) is 31.4 Å². The van der Waals surface area contributed by atoms with Gasteiger partial charge in [-0.05, 0) is 62.4 Å². The van der Waals surface area contributed by atoms with Crippen molar-refractivity contribution >= 4 is 17.7 Å². The molecule has 144 valence electrons. The Hall–Kier alpha value is -0.560. The zero-order valence-corrected chi connectivity index (χ0v) is 16.4. The van der Waals surface area contributed by atoms with Crippen LogP contribution in [0.5, 0.6) is 0 Å². The van der Waals surface area contributed by atoms with Crippen molar-refractivity contribution in [1.29, 1.82) is 0 Å². The van der Waals surface area contributed by atoms with Gasteiger partial charge in [0.2, 0.25) is 5.91 Å². The topological polar surface area (TPSA) is 59.0 Å². The molecule has 4 unspecified atom stereocenters. The molecule has 2 fully saturated rings. The van der Waals surface area contributed by atoms with Gasteiger partial charge in [0.1, 0.15) is 0 Å². The van der Waals surface area contributed by atoms with Crippen LogP contribution in [0.25, 0.3) is 0 Å². The SMILES string of the molecule is CC=CCCSCC1C2CCC(O2)C1CCOCCCC(=O)N(C)O. The van der Waals surface area contributed by atoms with Gasteiger partial charge >= 0.3 is 0 Å². The van der Waals surface area contributed by atoms with E-state index in [-0.39, 0.29) is 5.91 Å². The fourth-order valence-electron chi connectivity index (χ4n) is 3.85. The van der Waals surface area contributed by atoms with Gasteiger partial charge in [-0.1, -0.05) is 12.2 Å². The summed E-state index contributed by atoms with van der Waals surface area (Å²) in [5.41, 5.74) is 0. The molecule has 0 aliphatic carbocycles. The maximum Gasteiger partial charge on any atom is 0.245 e. The Morgan fingerprint density at radius 1 is 1.32 bits per heavy atom. The van der Waals surface area contributed by atoms with E-state index in [1.807, 2.05) is 11.8 Å². The molecular formula is C19H33NO4S. The zero-order chi connectivity index (χ0) is 18.1. The van der Waals surface area contributed by atoms with Gasteiger partial charge in [-0.3, -0.25) is 10.0 Å². The van der Waals surface area contributed by atoms with E-state index in [9.17, 15) is 4.79 Å². The molecule has 2 heterocycles. The van der Waals surface area contributed by atoms with Gasteiger partial charge in [-0.15, -0.1) is 0 Å². The largest absolute Gasteiger partial charge is 0.381 e. The van der Waals surface area contributed by atoms with Crippen molar-refractivity contribution in [3.05, 3.63) is 12.2 Å². The number of hydrogen-bond acceptors (Lipinski definition) is 5. The van der Waals surface area contributed by atoms with Crippen molar-refractivity contribution in [1.82, 2.24) is 5.06 Å². The highest BCUT2D eigenvalue weighted by atomic mass is 32.2. The van der Waals surface area contributed by atoms with E-state index in [0.717, 1.165) is 19.4 Å². The number of hydroxylamine groups is 2. The third-order valence-electron chi connectivity index (χ3n) is 5.20. The van der Waals surface area contributed by atoms with E-state index >= 15 is 0 Å². The van der Waals surface area contributed by atoms with Crippen molar-refractivity contribution in [2.45, 2.75) is 57.7 Å². The molecule has 2 aliphatic rings. The first-order valence-corrected chi connectivity index (χ1v) is 10.7. The predicted octanol–water partition coefficient (Wildman–Crippen LogP) is 3.51. The van der Waals surface area contributed by atoms with Crippen LogP contribution in [0.3, 0.4) is 0 Å². The molecule has 25 heavy (non-hydrogen) atoms. The molecule has 6 heteroatoms. The van der Waals surface area contributed by atoms with Gasteiger partial charge in [-0.2, -0.15) is 11.8 Å². The zero-order valence-electron chi connectivity index (χ0n) is 15.6. The van der Waals surface area contributed by atoms with Gasteiger partial charge in [0.05, 0.1) is 12.2 Å². The van der Waals surface area contributed by atoms with Crippen molar-refractivity contribution < 1.29 is 19.5 Å². The molecule has 0 radical (unpaired) electrons. The average molecular weight is 372 g/mol. The molecule has 2 rings (SSSR count). The van der Waals surface area contributed by atoms with Crippen LogP contribution in [-0.2, 0) is 14.3 Å². The van der Waals surface area contributed by atoms with E-state index in [1.54, 1.807) is 0 Å². The number of rotatable bonds is 12. The highest BCUT2D eigenvalue weighted by molar-refractivity contribution is 7.99. The molecule has 0 aromatic heterocycles. The summed E-state index contributed by atoms with van der Waals surface area (Å²) in [7, 11) is 1.36. The normalized spacial score (nSPS) is 28.1. The predicted molar refractivity (Wildman–Crippen MR) is 101 cm³/mol. The highest BCUT2D eigenvalue weighted by Gasteiger charge is 2.47. The Kier molecular flexibility index (Phi) is 9.31. The second kappa shape index (κ2) is 11.2. The first-order chi connectivity index (χ1) is 12.1. The van der Waals surface area contributed by atoms with Crippen LogP contribution in [-0.4, -0.2) is 60.2 Å². The molecule has 0 saturated carbocycles. The Morgan fingerprint density at radius 2 is 2.08 bits per heavy atom. The van der Waals surface area contributed by atoms with E-state index in [4.69, 9.17) is 14.7 Å². The summed E-state index contributed by atoms with van der Waals surface area (Å²) in [4.78, 5) is 11.3. The minimum absolute atomic E-state index is 0.264. The Morgan fingerprint density at radius 3 is 2.80 bits per heavy atom. The van der Waals surface area contributed by atoms with Gasteiger partial charge < -0.3 is 9.47 Å². The van der Waals surface area contributed by atoms with E-state index in [2.05, 4.69) is 19.1 Å². The maximum atomic E-state index is 11.3. The second-order valence-corrected chi connectivity index (χ2v) is 8.12. The van der Waals surface area contributed by atoms with Crippen molar-refractivity contribution in [2.75, 3.05) is 31.8 Å². The molecule has 0 aromatic rings. The fraction of sp³-hybridized carbons (Fsp3) is 0.842. The third kappa shape index (κ3) is 6.59. The number of fused-ring (bicyclic) bond motifs is 2. The number of ether oxygens (including phenoxy) is 2. The smallest absolute Gasteiger partial charge is 0.245 e. The van der Waals surface area contributed by atoms with Crippen LogP contribution in [0, 0.1) is 11.8 Å². The summed E-state index contributed by atoms with van der Waals surface area (Å²) in [5.74, 6) is 3.41. The number of nitrogens with zero attached hydrogens (tertiary/aromatic N) is 1. The van der Waals surface area contributed by atoms with Gasteiger partial charge in [0, 0.05) is 26.7 Å². The molecule has 1 amide bonds. The fourth-order valence-corrected chi connectivity index (χ4v) is 5.05. The summed E-state index contributed by atoms with van der Waals surface area (Å²) in [6.45, 7) is 3.38. The lowest BCUT2D eigenvalue weighted by atomic mass is 9.79. The minimum atomic E-state index is -0.264. The molecule has 2 aliphatic heterocycles. The Bertz CT molecular complexity index is 430. The molecule has 2 saturated heterocycles. The molecule has 1 N–H and O–H groups in total. The lowest BCUT2D eigenvalue weighted by Gasteiger charge is -2.27. The quantitative estimate of drug-likeness (QED) is 0.246. The standard InChI is InChI=1S/C19H33NO4S/c1-3-4-5-13-25-14-16-15(17-8-9-18(16)24-17)10-12-23-11-6-7-19(21)20(2)22/h3-4,15-18,22H,5-14H2,1-2H3. The monoisotopic (exact) mass is 371 g/mol. The van der Waals surface area contributed by atoms with Crippen LogP contribution in [0.4, 0.5) is 0 Å². The van der Waals surface area contributed by atoms with Crippen molar-refractivity contribution in [3.8, 4) is 0 Å². The van der Waals surface area contributed by atoms with Crippen LogP contribution in [0.1, 0.15) is 45.4 Å². The van der Waals surface area contributed by atoms with Gasteiger partial charge in [-0.25, -0.2) is 5.06 Å². The Balaban J connectivity index is 1.61. The number of allylic oxidation sites excluding steroid dienone is 2. The first kappa shape index (κ1) is 20.7. The van der Waals surface area contributed by atoms with Crippen LogP contribution >= 0.6 is 11.8 Å². The molecule has 0 spiro atoms. The van der Waals surface area contributed by atoms with Crippen molar-refractivity contribution in [2.24, 2.45) is 11.8 Å². The summed E-state index contributed by atoms with van der Waals surface area (Å²) in [6, 6.07) is 0. The van der Waals surface area contributed by atoms with E-state index < -0.39 is 0 Å². The maximum absolute atomic E-state index is 11.3. The molecular weight excluding hydrogens is 338 g/mol. The minimum Gasteiger partial charge on any atom is -0.381 e. The lowest BCUT2D eigenvalue weighted by Crippen LogP contribution is -2.30. The highest BCUT2D eigenvalue weighted by Crippen LogP contribution is 2.46. The lowest BCUT2D eigenvalue weighted by molar-refractivity contribution is -0.159. The van der Waals surface area contributed by atoms with Gasteiger partial charge in [0.25, 0.3) is 0 Å². The summed E-state index contributed by atoms with van der Waals surface area (Å²) in [6.07, 6.45) is 10.8. The van der Waals surface area contributed by atoms with Crippen molar-refractivity contribution in [3.63, 3.8) is 0 Å². The Labute approximate surface area is 156 Å². The number of amides is 1. The number of carbonyl (C=O) groups excluding carboxylic acids is 1. The summed E-state index contributed by atoms with van der Waals surface area (Å²) >= 11 is 2.05. The van der Waals surface area contributed by atoms with Crippen LogP contribution in [0.15, 0.2) is 12.2 Å². The van der Waals surface area contributed by atoms with E-state index in [0.29, 0.717) is 48.6 Å². The number of hydrogen-bond donors (Lipinski definition) is 1. The van der Waals surface area contributed by atoms with Gasteiger partial charge in [0.15, 0.2) is 0 Å². The molecule has 2 bridgehead atoms. The molecule has 0 aromatic carbocycles. The average Bonchev–Trinajstić information content (AvgIpc) is 3.19. The van der Waals surface area contributed by atoms with Crippen LogP contribution in [0.2, 0.25) is 0 Å². The molecule has 5 nitrogen and oxygen atoms in total. The summed E-state index contributed by atoms with van der Waals surface area (Å²) in [5, 5.41) is 9.64. The van der Waals surface area contributed by atoms with Crippen LogP contribution < -0.4 is 0 Å². The third-order valence-corrected chi connectivity index (χ3v) is 6.35. The number of carbonyl (C=O) groups is 1. The second-order valence-electron chi connectivity index (χ2n) is 6.97. The summed E-state index contributed by atoms with van der Waals surface area (Å²) < 4.78 is 11.9. The molecule has 4 atom stereocenters.